The van der Waals surface area contributed by atoms with E-state index in [1.165, 1.54) is 5.56 Å². The van der Waals surface area contributed by atoms with Crippen LogP contribution < -0.4 is 16.4 Å². The quantitative estimate of drug-likeness (QED) is 0.482. The van der Waals surface area contributed by atoms with Gasteiger partial charge in [0.05, 0.1) is 29.1 Å². The minimum Gasteiger partial charge on any atom is -0.386 e. The molecule has 3 heterocycles. The number of pyridine rings is 1. The number of hydrogen-bond donors (Lipinski definition) is 3. The number of piperidine rings is 1. The smallest absolute Gasteiger partial charge is 0.204 e. The van der Waals surface area contributed by atoms with Crippen LogP contribution in [0.2, 0.25) is 0 Å². The Morgan fingerprint density at radius 1 is 1.09 bits per heavy atom. The van der Waals surface area contributed by atoms with Gasteiger partial charge in [-0.1, -0.05) is 38.6 Å². The summed E-state index contributed by atoms with van der Waals surface area (Å²) in [7, 11) is 0. The molecule has 1 fully saturated rings. The first kappa shape index (κ1) is 24.6. The maximum absolute atomic E-state index is 5.59. The van der Waals surface area contributed by atoms with Crippen molar-refractivity contribution in [3.8, 4) is 0 Å². The molecule has 0 unspecified atom stereocenters. The highest BCUT2D eigenvalue weighted by atomic mass is 15.2. The summed E-state index contributed by atoms with van der Waals surface area (Å²) in [6.45, 7) is 16.5. The molecule has 1 aromatic carbocycles. The van der Waals surface area contributed by atoms with Gasteiger partial charge in [-0.15, -0.1) is 0 Å². The lowest BCUT2D eigenvalue weighted by Crippen LogP contribution is -2.42. The fourth-order valence-electron chi connectivity index (χ4n) is 4.26. The van der Waals surface area contributed by atoms with Crippen molar-refractivity contribution in [1.82, 2.24) is 24.8 Å². The van der Waals surface area contributed by atoms with Gasteiger partial charge in [0.25, 0.3) is 0 Å². The molecule has 0 saturated carbocycles. The van der Waals surface area contributed by atoms with Crippen molar-refractivity contribution in [1.29, 1.82) is 0 Å². The van der Waals surface area contributed by atoms with Crippen LogP contribution in [-0.2, 0) is 6.54 Å². The number of benzene rings is 1. The largest absolute Gasteiger partial charge is 0.386 e. The van der Waals surface area contributed by atoms with Gasteiger partial charge >= 0.3 is 0 Å². The zero-order chi connectivity index (χ0) is 23.8. The van der Waals surface area contributed by atoms with Gasteiger partial charge in [-0.25, -0.2) is 4.98 Å². The van der Waals surface area contributed by atoms with Crippen LogP contribution in [0.25, 0.3) is 11.0 Å². The molecule has 0 aliphatic carbocycles. The highest BCUT2D eigenvalue weighted by Crippen LogP contribution is 2.25. The third kappa shape index (κ3) is 6.48. The van der Waals surface area contributed by atoms with E-state index in [1.54, 1.807) is 0 Å². The second-order valence-electron chi connectivity index (χ2n) is 8.45. The molecule has 1 aliphatic rings. The summed E-state index contributed by atoms with van der Waals surface area (Å²) in [6, 6.07) is 13.0. The predicted octanol–water partition coefficient (Wildman–Crippen LogP) is 4.02. The number of hydrogen-bond acceptors (Lipinski definition) is 6. The summed E-state index contributed by atoms with van der Waals surface area (Å²) in [5.74, 6) is 1.47. The monoisotopic (exact) mass is 449 g/mol. The van der Waals surface area contributed by atoms with E-state index in [0.717, 1.165) is 67.4 Å². The van der Waals surface area contributed by atoms with E-state index in [4.69, 9.17) is 15.7 Å². The fraction of sp³-hybridized carbons (Fsp3) is 0.462. The standard InChI is InChI=1S/C24H33N7.C2H6/c1-17-6-4-9-22-23(17)29-24(31(22)16-21-8-5-7-18(2)27-21)28-20-10-13-30(14-11-20)15-12-26-19(3)25;1-2/h4-9,20,26H,3,10-16,25H2,1-2H3,(H,28,29);1-2H3. The molecule has 1 aliphatic heterocycles. The summed E-state index contributed by atoms with van der Waals surface area (Å²) < 4.78 is 2.27. The zero-order valence-corrected chi connectivity index (χ0v) is 20.6. The summed E-state index contributed by atoms with van der Waals surface area (Å²) in [4.78, 5) is 12.2. The van der Waals surface area contributed by atoms with Crippen molar-refractivity contribution in [3.05, 3.63) is 65.7 Å². The van der Waals surface area contributed by atoms with E-state index in [1.807, 2.05) is 26.8 Å². The van der Waals surface area contributed by atoms with Gasteiger partial charge < -0.3 is 25.8 Å². The fourth-order valence-corrected chi connectivity index (χ4v) is 4.26. The van der Waals surface area contributed by atoms with Gasteiger partial charge in [-0.2, -0.15) is 0 Å². The van der Waals surface area contributed by atoms with Crippen LogP contribution in [-0.4, -0.2) is 51.7 Å². The lowest BCUT2D eigenvalue weighted by molar-refractivity contribution is 0.220. The van der Waals surface area contributed by atoms with Crippen molar-refractivity contribution in [2.45, 2.75) is 53.1 Å². The molecule has 0 radical (unpaired) electrons. The Kier molecular flexibility index (Phi) is 8.72. The van der Waals surface area contributed by atoms with Crippen LogP contribution in [0.5, 0.6) is 0 Å². The number of likely N-dealkylation sites (tertiary alicyclic amines) is 1. The topological polar surface area (TPSA) is 84.0 Å². The molecular formula is C26H39N7. The molecule has 33 heavy (non-hydrogen) atoms. The van der Waals surface area contributed by atoms with E-state index in [9.17, 15) is 0 Å². The molecular weight excluding hydrogens is 410 g/mol. The Morgan fingerprint density at radius 2 is 1.82 bits per heavy atom. The highest BCUT2D eigenvalue weighted by molar-refractivity contribution is 5.82. The number of para-hydroxylation sites is 1. The van der Waals surface area contributed by atoms with E-state index in [2.05, 4.69) is 63.9 Å². The molecule has 0 spiro atoms. The number of rotatable bonds is 8. The number of nitrogens with two attached hydrogens (primary N) is 1. The van der Waals surface area contributed by atoms with Crippen molar-refractivity contribution in [2.24, 2.45) is 5.73 Å². The number of imidazole rings is 1. The van der Waals surface area contributed by atoms with Crippen LogP contribution in [0.1, 0.15) is 43.6 Å². The maximum Gasteiger partial charge on any atom is 0.204 e. The van der Waals surface area contributed by atoms with Crippen molar-refractivity contribution in [2.75, 3.05) is 31.5 Å². The molecule has 0 atom stereocenters. The minimum absolute atomic E-state index is 0.412. The maximum atomic E-state index is 5.59. The van der Waals surface area contributed by atoms with E-state index < -0.39 is 0 Å². The van der Waals surface area contributed by atoms with Crippen LogP contribution >= 0.6 is 0 Å². The van der Waals surface area contributed by atoms with Crippen LogP contribution in [0.4, 0.5) is 5.95 Å². The van der Waals surface area contributed by atoms with Crippen LogP contribution in [0, 0.1) is 13.8 Å². The SMILES string of the molecule is C=C(N)NCCN1CCC(Nc2nc3c(C)cccc3n2Cc2cccc(C)n2)CC1.CC. The molecule has 7 nitrogen and oxygen atoms in total. The van der Waals surface area contributed by atoms with Crippen molar-refractivity contribution in [3.63, 3.8) is 0 Å². The van der Waals surface area contributed by atoms with Gasteiger partial charge in [0, 0.05) is 37.9 Å². The number of nitrogens with one attached hydrogen (secondary N) is 2. The van der Waals surface area contributed by atoms with E-state index in [0.29, 0.717) is 18.4 Å². The molecule has 4 rings (SSSR count). The Balaban J connectivity index is 0.00000149. The van der Waals surface area contributed by atoms with Gasteiger partial charge in [-0.05, 0) is 50.5 Å². The third-order valence-electron chi connectivity index (χ3n) is 5.95. The number of anilines is 1. The number of aryl methyl sites for hydroxylation is 2. The molecule has 0 amide bonds. The first-order valence-electron chi connectivity index (χ1n) is 12.0. The van der Waals surface area contributed by atoms with Gasteiger partial charge in [-0.3, -0.25) is 4.98 Å². The highest BCUT2D eigenvalue weighted by Gasteiger charge is 2.21. The molecule has 2 aromatic heterocycles. The Morgan fingerprint density at radius 3 is 2.52 bits per heavy atom. The normalized spacial score (nSPS) is 14.5. The molecule has 178 valence electrons. The Hall–Kier alpha value is -3.06. The van der Waals surface area contributed by atoms with Gasteiger partial charge in [0.1, 0.15) is 0 Å². The molecule has 0 bridgehead atoms. The van der Waals surface area contributed by atoms with E-state index >= 15 is 0 Å². The van der Waals surface area contributed by atoms with Crippen molar-refractivity contribution >= 4 is 17.0 Å². The van der Waals surface area contributed by atoms with Crippen LogP contribution in [0.3, 0.4) is 0 Å². The molecule has 1 saturated heterocycles. The predicted molar refractivity (Wildman–Crippen MR) is 138 cm³/mol. The summed E-state index contributed by atoms with van der Waals surface area (Å²) in [5.41, 5.74) is 11.1. The number of aromatic nitrogens is 3. The lowest BCUT2D eigenvalue weighted by atomic mass is 10.1. The molecule has 4 N–H and O–H groups in total. The zero-order valence-electron chi connectivity index (χ0n) is 20.6. The third-order valence-corrected chi connectivity index (χ3v) is 5.95. The Labute approximate surface area is 198 Å². The molecule has 7 heteroatoms. The Bertz CT molecular complexity index is 1050. The molecule has 3 aromatic rings. The summed E-state index contributed by atoms with van der Waals surface area (Å²) in [6.07, 6.45) is 2.18. The van der Waals surface area contributed by atoms with E-state index in [-0.39, 0.29) is 0 Å². The first-order chi connectivity index (χ1) is 16.0. The minimum atomic E-state index is 0.412. The second kappa shape index (κ2) is 11.7. The summed E-state index contributed by atoms with van der Waals surface area (Å²) in [5, 5.41) is 6.85. The second-order valence-corrected chi connectivity index (χ2v) is 8.45. The average Bonchev–Trinajstić information content (AvgIpc) is 3.14. The average molecular weight is 450 g/mol. The van der Waals surface area contributed by atoms with Crippen LogP contribution in [0.15, 0.2) is 48.8 Å². The van der Waals surface area contributed by atoms with Crippen molar-refractivity contribution < 1.29 is 0 Å². The van der Waals surface area contributed by atoms with Gasteiger partial charge in [0.2, 0.25) is 5.95 Å². The first-order valence-corrected chi connectivity index (χ1v) is 12.0. The lowest BCUT2D eigenvalue weighted by Gasteiger charge is -2.32. The number of nitrogens with zero attached hydrogens (tertiary/aromatic N) is 4. The summed E-state index contributed by atoms with van der Waals surface area (Å²) >= 11 is 0. The van der Waals surface area contributed by atoms with Gasteiger partial charge in [0.15, 0.2) is 0 Å². The number of fused-ring (bicyclic) bond motifs is 1.